The van der Waals surface area contributed by atoms with E-state index in [-0.39, 0.29) is 17.9 Å². The summed E-state index contributed by atoms with van der Waals surface area (Å²) in [6.45, 7) is 11.5. The Balaban J connectivity index is 0.000000230. The molecule has 3 amide bonds. The molecule has 0 aliphatic carbocycles. The third-order valence-electron chi connectivity index (χ3n) is 6.43. The minimum atomic E-state index is -0.569. The molecule has 0 bridgehead atoms. The zero-order chi connectivity index (χ0) is 28.7. The second kappa shape index (κ2) is 12.7. The topological polar surface area (TPSA) is 178 Å². The third-order valence-corrected chi connectivity index (χ3v) is 6.43. The molecular formula is C27H40N8O4. The molecule has 4 rings (SSSR count). The highest BCUT2D eigenvalue weighted by molar-refractivity contribution is 5.87. The van der Waals surface area contributed by atoms with E-state index in [1.165, 1.54) is 4.90 Å². The lowest BCUT2D eigenvalue weighted by Gasteiger charge is -2.40. The van der Waals surface area contributed by atoms with Crippen LogP contribution in [0.5, 0.6) is 0 Å². The van der Waals surface area contributed by atoms with E-state index < -0.39 is 17.7 Å². The molecule has 2 aromatic heterocycles. The zero-order valence-electron chi connectivity index (χ0n) is 23.3. The number of aryl methyl sites for hydroxylation is 2. The second-order valence-electron chi connectivity index (χ2n) is 10.7. The number of anilines is 2. The molecule has 2 aromatic rings. The molecule has 0 unspecified atom stereocenters. The number of nitrogens with one attached hydrogen (secondary N) is 3. The summed E-state index contributed by atoms with van der Waals surface area (Å²) in [5.41, 5.74) is 14.1. The van der Waals surface area contributed by atoms with Crippen LogP contribution in [0.2, 0.25) is 0 Å². The van der Waals surface area contributed by atoms with Gasteiger partial charge in [-0.25, -0.2) is 14.8 Å². The van der Waals surface area contributed by atoms with Crippen molar-refractivity contribution < 1.29 is 19.1 Å². The van der Waals surface area contributed by atoms with Gasteiger partial charge in [-0.1, -0.05) is 12.1 Å². The highest BCUT2D eigenvalue weighted by Crippen LogP contribution is 2.21. The summed E-state index contributed by atoms with van der Waals surface area (Å²) < 4.78 is 5.30. The van der Waals surface area contributed by atoms with Crippen molar-refractivity contribution in [3.8, 4) is 0 Å². The van der Waals surface area contributed by atoms with Crippen LogP contribution in [0.15, 0.2) is 24.3 Å². The van der Waals surface area contributed by atoms with Crippen LogP contribution < -0.4 is 27.4 Å². The van der Waals surface area contributed by atoms with Crippen molar-refractivity contribution in [2.75, 3.05) is 24.6 Å². The van der Waals surface area contributed by atoms with Gasteiger partial charge in [-0.05, 0) is 77.3 Å². The van der Waals surface area contributed by atoms with Gasteiger partial charge in [0.15, 0.2) is 0 Å². The van der Waals surface area contributed by atoms with Gasteiger partial charge in [-0.2, -0.15) is 0 Å². The number of carbonyl (C=O) groups is 3. The summed E-state index contributed by atoms with van der Waals surface area (Å²) in [5.74, 6) is 0.835. The molecule has 39 heavy (non-hydrogen) atoms. The van der Waals surface area contributed by atoms with Gasteiger partial charge in [-0.15, -0.1) is 0 Å². The Labute approximate surface area is 229 Å². The molecule has 0 aromatic carbocycles. The van der Waals surface area contributed by atoms with E-state index in [4.69, 9.17) is 16.2 Å². The van der Waals surface area contributed by atoms with Crippen LogP contribution >= 0.6 is 0 Å². The Kier molecular flexibility index (Phi) is 9.68. The maximum absolute atomic E-state index is 12.3. The first-order valence-electron chi connectivity index (χ1n) is 13.1. The number of nitrogens with two attached hydrogens (primary N) is 2. The van der Waals surface area contributed by atoms with Crippen LogP contribution in [0, 0.1) is 13.8 Å². The van der Waals surface area contributed by atoms with Crippen LogP contribution in [-0.2, 0) is 27.4 Å². The Bertz CT molecular complexity index is 1190. The van der Waals surface area contributed by atoms with E-state index in [1.807, 2.05) is 26.0 Å². The SMILES string of the molecule is Cc1nc(N)ccc1CNC(=O)[C@@H]1CCN1.Cc1nc(N)ccc1CNC(=O)[C@@H]1CCN1C(=O)OC(C)(C)C. The molecular weight excluding hydrogens is 500 g/mol. The number of aromatic nitrogens is 2. The number of amides is 3. The fraction of sp³-hybridized carbons (Fsp3) is 0.519. The van der Waals surface area contributed by atoms with Gasteiger partial charge in [0.05, 0.1) is 6.04 Å². The average Bonchev–Trinajstić information content (AvgIpc) is 2.75. The molecule has 0 radical (unpaired) electrons. The van der Waals surface area contributed by atoms with Crippen LogP contribution in [0.3, 0.4) is 0 Å². The van der Waals surface area contributed by atoms with Crippen molar-refractivity contribution in [1.29, 1.82) is 0 Å². The molecule has 7 N–H and O–H groups in total. The molecule has 212 valence electrons. The summed E-state index contributed by atoms with van der Waals surface area (Å²) in [7, 11) is 0. The minimum Gasteiger partial charge on any atom is -0.444 e. The maximum Gasteiger partial charge on any atom is 0.410 e. The Morgan fingerprint density at radius 3 is 1.85 bits per heavy atom. The van der Waals surface area contributed by atoms with E-state index in [9.17, 15) is 14.4 Å². The van der Waals surface area contributed by atoms with E-state index in [0.717, 1.165) is 35.5 Å². The molecule has 2 fully saturated rings. The second-order valence-corrected chi connectivity index (χ2v) is 10.7. The van der Waals surface area contributed by atoms with E-state index >= 15 is 0 Å². The first-order chi connectivity index (χ1) is 18.3. The third kappa shape index (κ3) is 8.54. The summed E-state index contributed by atoms with van der Waals surface area (Å²) in [5, 5.41) is 8.78. The highest BCUT2D eigenvalue weighted by atomic mass is 16.6. The molecule has 12 heteroatoms. The minimum absolute atomic E-state index is 0.0120. The lowest BCUT2D eigenvalue weighted by Crippen LogP contribution is -2.59. The van der Waals surface area contributed by atoms with Crippen molar-refractivity contribution in [3.63, 3.8) is 0 Å². The summed E-state index contributed by atoms with van der Waals surface area (Å²) >= 11 is 0. The number of pyridine rings is 2. The van der Waals surface area contributed by atoms with Crippen molar-refractivity contribution in [1.82, 2.24) is 30.8 Å². The quantitative estimate of drug-likeness (QED) is 0.363. The van der Waals surface area contributed by atoms with Crippen LogP contribution in [0.4, 0.5) is 16.4 Å². The van der Waals surface area contributed by atoms with Crippen molar-refractivity contribution in [3.05, 3.63) is 46.8 Å². The monoisotopic (exact) mass is 540 g/mol. The van der Waals surface area contributed by atoms with Crippen molar-refractivity contribution in [2.24, 2.45) is 0 Å². The Morgan fingerprint density at radius 1 is 0.949 bits per heavy atom. The van der Waals surface area contributed by atoms with E-state index in [1.54, 1.807) is 32.9 Å². The van der Waals surface area contributed by atoms with Crippen LogP contribution in [0.1, 0.15) is 56.1 Å². The molecule has 2 atom stereocenters. The number of nitrogen functional groups attached to an aromatic ring is 2. The van der Waals surface area contributed by atoms with Gasteiger partial charge < -0.3 is 32.2 Å². The number of ether oxygens (including phenoxy) is 1. The Morgan fingerprint density at radius 2 is 1.46 bits per heavy atom. The molecule has 2 aliphatic heterocycles. The Hall–Kier alpha value is -3.93. The number of carbonyl (C=O) groups excluding carboxylic acids is 3. The van der Waals surface area contributed by atoms with Gasteiger partial charge in [0, 0.05) is 31.0 Å². The summed E-state index contributed by atoms with van der Waals surface area (Å²) in [6, 6.07) is 6.70. The van der Waals surface area contributed by atoms with Crippen molar-refractivity contribution in [2.45, 2.75) is 78.2 Å². The summed E-state index contributed by atoms with van der Waals surface area (Å²) in [6.07, 6.45) is 1.11. The van der Waals surface area contributed by atoms with Gasteiger partial charge in [0.2, 0.25) is 11.8 Å². The summed E-state index contributed by atoms with van der Waals surface area (Å²) in [4.78, 5) is 45.6. The number of rotatable bonds is 6. The van der Waals surface area contributed by atoms with Gasteiger partial charge >= 0.3 is 6.09 Å². The van der Waals surface area contributed by atoms with Gasteiger partial charge in [0.25, 0.3) is 0 Å². The first kappa shape index (κ1) is 29.6. The average molecular weight is 541 g/mol. The predicted molar refractivity (Wildman–Crippen MR) is 148 cm³/mol. The molecule has 12 nitrogen and oxygen atoms in total. The highest BCUT2D eigenvalue weighted by Gasteiger charge is 2.39. The number of likely N-dealkylation sites (tertiary alicyclic amines) is 1. The van der Waals surface area contributed by atoms with E-state index in [2.05, 4.69) is 25.9 Å². The lowest BCUT2D eigenvalue weighted by atomic mass is 10.0. The van der Waals surface area contributed by atoms with Crippen molar-refractivity contribution >= 4 is 29.5 Å². The zero-order valence-corrected chi connectivity index (χ0v) is 23.3. The molecule has 2 saturated heterocycles. The molecule has 2 aliphatic rings. The van der Waals surface area contributed by atoms with Crippen LogP contribution in [-0.4, -0.2) is 63.5 Å². The van der Waals surface area contributed by atoms with Gasteiger partial charge in [0.1, 0.15) is 23.3 Å². The smallest absolute Gasteiger partial charge is 0.410 e. The largest absolute Gasteiger partial charge is 0.444 e. The van der Waals surface area contributed by atoms with E-state index in [0.29, 0.717) is 37.7 Å². The predicted octanol–water partition coefficient (Wildman–Crippen LogP) is 1.55. The fourth-order valence-corrected chi connectivity index (χ4v) is 3.91. The standard InChI is InChI=1S/C16H24N4O3.C11H16N4O/c1-10-11(5-6-13(17)19-10)9-18-14(21)12-7-8-20(12)15(22)23-16(2,3)4;1-7-8(2-3-10(12)15-7)6-14-11(16)9-4-5-13-9/h5-6,12H,7-9H2,1-4H3,(H2,17,19)(H,18,21);2-3,9,13H,4-6H2,1H3,(H2,12,15)(H,14,16)/t12-;9-/m00/s1. The molecule has 0 saturated carbocycles. The maximum atomic E-state index is 12.3. The molecule has 0 spiro atoms. The first-order valence-corrected chi connectivity index (χ1v) is 13.1. The fourth-order valence-electron chi connectivity index (χ4n) is 3.91. The lowest BCUT2D eigenvalue weighted by molar-refractivity contribution is -0.130. The molecule has 4 heterocycles. The normalized spacial score (nSPS) is 18.0. The number of nitrogens with zero attached hydrogens (tertiary/aromatic N) is 3. The van der Waals surface area contributed by atoms with Gasteiger partial charge in [-0.3, -0.25) is 14.5 Å². The number of hydrogen-bond acceptors (Lipinski definition) is 9. The van der Waals surface area contributed by atoms with Crippen LogP contribution in [0.25, 0.3) is 0 Å². The number of hydrogen-bond donors (Lipinski definition) is 5.